The van der Waals surface area contributed by atoms with Crippen LogP contribution in [0.3, 0.4) is 0 Å². The first-order valence-corrected chi connectivity index (χ1v) is 6.81. The van der Waals surface area contributed by atoms with Crippen molar-refractivity contribution in [1.29, 1.82) is 0 Å². The Hall–Kier alpha value is -2.44. The van der Waals surface area contributed by atoms with Crippen molar-refractivity contribution in [3.8, 4) is 0 Å². The highest BCUT2D eigenvalue weighted by Gasteiger charge is 2.27. The van der Waals surface area contributed by atoms with Crippen LogP contribution in [0.4, 0.5) is 5.82 Å². The summed E-state index contributed by atoms with van der Waals surface area (Å²) in [5, 5.41) is 13.9. The Kier molecular flexibility index (Phi) is 4.86. The summed E-state index contributed by atoms with van der Waals surface area (Å²) < 4.78 is 0. The molecular formula is C14H17N3O4. The quantitative estimate of drug-likeness (QED) is 0.530. The number of aromatic nitrogens is 1. The number of piperidine rings is 1. The number of imide groups is 1. The van der Waals surface area contributed by atoms with Crippen LogP contribution in [0.15, 0.2) is 18.3 Å². The van der Waals surface area contributed by atoms with Gasteiger partial charge in [0, 0.05) is 25.6 Å². The van der Waals surface area contributed by atoms with Crippen LogP contribution >= 0.6 is 0 Å². The summed E-state index contributed by atoms with van der Waals surface area (Å²) in [6.07, 6.45) is 3.08. The molecule has 1 aliphatic rings. The largest absolute Gasteiger partial charge is 0.481 e. The number of amides is 2. The molecule has 2 heterocycles. The number of hydrogen-bond donors (Lipinski definition) is 3. The topological polar surface area (TPSA) is 108 Å². The lowest BCUT2D eigenvalue weighted by molar-refractivity contribution is -0.137. The standard InChI is InChI=1S/C14H17N3O4/c18-12-6-4-10(14(21)17-12)9-3-5-11(16-8-9)15-7-1-2-13(19)20/h3,5,8,10H,1-2,4,6-7H2,(H,15,16)(H,19,20)(H,17,18,21). The third kappa shape index (κ3) is 4.27. The third-order valence-electron chi connectivity index (χ3n) is 3.30. The van der Waals surface area contributed by atoms with Gasteiger partial charge in [-0.3, -0.25) is 19.7 Å². The molecule has 0 aliphatic carbocycles. The normalized spacial score (nSPS) is 18.2. The molecule has 0 aromatic carbocycles. The molecule has 1 atom stereocenters. The van der Waals surface area contributed by atoms with Crippen molar-refractivity contribution in [3.63, 3.8) is 0 Å². The number of carbonyl (C=O) groups excluding carboxylic acids is 2. The van der Waals surface area contributed by atoms with Crippen LogP contribution in [-0.4, -0.2) is 34.4 Å². The highest BCUT2D eigenvalue weighted by atomic mass is 16.4. The Morgan fingerprint density at radius 1 is 1.43 bits per heavy atom. The summed E-state index contributed by atoms with van der Waals surface area (Å²) in [7, 11) is 0. The number of nitrogens with one attached hydrogen (secondary N) is 2. The van der Waals surface area contributed by atoms with Gasteiger partial charge in [0.1, 0.15) is 5.82 Å². The van der Waals surface area contributed by atoms with Gasteiger partial charge < -0.3 is 10.4 Å². The fourth-order valence-electron chi connectivity index (χ4n) is 2.18. The number of hydrogen-bond acceptors (Lipinski definition) is 5. The fraction of sp³-hybridized carbons (Fsp3) is 0.429. The number of pyridine rings is 1. The Morgan fingerprint density at radius 2 is 2.24 bits per heavy atom. The number of carboxylic acids is 1. The molecule has 7 nitrogen and oxygen atoms in total. The second-order valence-electron chi connectivity index (χ2n) is 4.90. The van der Waals surface area contributed by atoms with Crippen LogP contribution in [-0.2, 0) is 14.4 Å². The Morgan fingerprint density at radius 3 is 2.86 bits per heavy atom. The molecule has 7 heteroatoms. The summed E-state index contributed by atoms with van der Waals surface area (Å²) in [5.74, 6) is -1.04. The maximum absolute atomic E-state index is 11.7. The van der Waals surface area contributed by atoms with Crippen molar-refractivity contribution in [3.05, 3.63) is 23.9 Å². The van der Waals surface area contributed by atoms with Gasteiger partial charge in [0.25, 0.3) is 0 Å². The van der Waals surface area contributed by atoms with Crippen molar-refractivity contribution in [2.75, 3.05) is 11.9 Å². The van der Waals surface area contributed by atoms with Gasteiger partial charge in [-0.15, -0.1) is 0 Å². The molecule has 2 amide bonds. The van der Waals surface area contributed by atoms with Crippen LogP contribution in [0.25, 0.3) is 0 Å². The van der Waals surface area contributed by atoms with E-state index in [1.165, 1.54) is 0 Å². The lowest BCUT2D eigenvalue weighted by Gasteiger charge is -2.20. The van der Waals surface area contributed by atoms with Crippen molar-refractivity contribution in [2.45, 2.75) is 31.6 Å². The van der Waals surface area contributed by atoms with Crippen LogP contribution in [0.5, 0.6) is 0 Å². The molecule has 1 aromatic rings. The van der Waals surface area contributed by atoms with E-state index in [4.69, 9.17) is 5.11 Å². The second kappa shape index (κ2) is 6.83. The van der Waals surface area contributed by atoms with Crippen molar-refractivity contribution in [2.24, 2.45) is 0 Å². The number of rotatable bonds is 6. The van der Waals surface area contributed by atoms with E-state index >= 15 is 0 Å². The van der Waals surface area contributed by atoms with Gasteiger partial charge in [0.2, 0.25) is 11.8 Å². The highest BCUT2D eigenvalue weighted by Crippen LogP contribution is 2.24. The first kappa shape index (κ1) is 15.0. The van der Waals surface area contributed by atoms with E-state index in [0.29, 0.717) is 31.6 Å². The van der Waals surface area contributed by atoms with Gasteiger partial charge in [-0.25, -0.2) is 4.98 Å². The lowest BCUT2D eigenvalue weighted by atomic mass is 9.92. The Labute approximate surface area is 121 Å². The summed E-state index contributed by atoms with van der Waals surface area (Å²) >= 11 is 0. The maximum atomic E-state index is 11.7. The third-order valence-corrected chi connectivity index (χ3v) is 3.30. The van der Waals surface area contributed by atoms with Crippen LogP contribution in [0.1, 0.15) is 37.2 Å². The van der Waals surface area contributed by atoms with Crippen LogP contribution in [0.2, 0.25) is 0 Å². The number of nitrogens with zero attached hydrogens (tertiary/aromatic N) is 1. The van der Waals surface area contributed by atoms with E-state index in [9.17, 15) is 14.4 Å². The lowest BCUT2D eigenvalue weighted by Crippen LogP contribution is -2.39. The Bertz CT molecular complexity index is 542. The van der Waals surface area contributed by atoms with Gasteiger partial charge >= 0.3 is 5.97 Å². The number of carboxylic acid groups (broad SMARTS) is 1. The minimum atomic E-state index is -0.821. The van der Waals surface area contributed by atoms with E-state index in [-0.39, 0.29) is 24.2 Å². The summed E-state index contributed by atoms with van der Waals surface area (Å²) in [4.78, 5) is 37.4. The molecule has 1 saturated heterocycles. The molecule has 21 heavy (non-hydrogen) atoms. The molecule has 1 aromatic heterocycles. The zero-order chi connectivity index (χ0) is 15.2. The second-order valence-corrected chi connectivity index (χ2v) is 4.90. The van der Waals surface area contributed by atoms with E-state index in [0.717, 1.165) is 5.56 Å². The molecule has 112 valence electrons. The van der Waals surface area contributed by atoms with E-state index in [1.807, 2.05) is 0 Å². The smallest absolute Gasteiger partial charge is 0.303 e. The fourth-order valence-corrected chi connectivity index (χ4v) is 2.18. The van der Waals surface area contributed by atoms with Crippen LogP contribution in [0, 0.1) is 0 Å². The monoisotopic (exact) mass is 291 g/mol. The van der Waals surface area contributed by atoms with Crippen LogP contribution < -0.4 is 10.6 Å². The van der Waals surface area contributed by atoms with Crippen molar-refractivity contribution < 1.29 is 19.5 Å². The summed E-state index contributed by atoms with van der Waals surface area (Å²) in [5.41, 5.74) is 0.774. The number of carbonyl (C=O) groups is 3. The first-order valence-electron chi connectivity index (χ1n) is 6.81. The predicted octanol–water partition coefficient (Wildman–Crippen LogP) is 0.878. The minimum absolute atomic E-state index is 0.112. The maximum Gasteiger partial charge on any atom is 0.303 e. The Balaban J connectivity index is 1.88. The molecule has 2 rings (SSSR count). The van der Waals surface area contributed by atoms with Gasteiger partial charge in [0.15, 0.2) is 0 Å². The molecule has 3 N–H and O–H groups in total. The molecule has 0 spiro atoms. The predicted molar refractivity (Wildman–Crippen MR) is 74.7 cm³/mol. The molecule has 1 aliphatic heterocycles. The van der Waals surface area contributed by atoms with Gasteiger partial charge in [-0.05, 0) is 24.5 Å². The average Bonchev–Trinajstić information content (AvgIpc) is 2.44. The van der Waals surface area contributed by atoms with Gasteiger partial charge in [-0.1, -0.05) is 6.07 Å². The van der Waals surface area contributed by atoms with Gasteiger partial charge in [0.05, 0.1) is 5.92 Å². The molecule has 0 saturated carbocycles. The van der Waals surface area contributed by atoms with Crippen molar-refractivity contribution in [1.82, 2.24) is 10.3 Å². The zero-order valence-corrected chi connectivity index (χ0v) is 11.5. The van der Waals surface area contributed by atoms with Gasteiger partial charge in [-0.2, -0.15) is 0 Å². The first-order chi connectivity index (χ1) is 10.1. The molecule has 1 fully saturated rings. The number of aliphatic carboxylic acids is 1. The zero-order valence-electron chi connectivity index (χ0n) is 11.5. The molecule has 0 bridgehead atoms. The highest BCUT2D eigenvalue weighted by molar-refractivity contribution is 6.00. The number of anilines is 1. The average molecular weight is 291 g/mol. The van der Waals surface area contributed by atoms with Crippen molar-refractivity contribution >= 4 is 23.6 Å². The summed E-state index contributed by atoms with van der Waals surface area (Å²) in [6.45, 7) is 0.525. The van der Waals surface area contributed by atoms with E-state index in [1.54, 1.807) is 18.3 Å². The SMILES string of the molecule is O=C(O)CCCNc1ccc(C2CCC(=O)NC2=O)cn1. The molecule has 1 unspecified atom stereocenters. The summed E-state index contributed by atoms with van der Waals surface area (Å²) in [6, 6.07) is 3.55. The molecular weight excluding hydrogens is 274 g/mol. The molecule has 0 radical (unpaired) electrons. The van der Waals surface area contributed by atoms with E-state index in [2.05, 4.69) is 15.6 Å². The minimum Gasteiger partial charge on any atom is -0.481 e. The van der Waals surface area contributed by atoms with E-state index < -0.39 is 5.97 Å².